The van der Waals surface area contributed by atoms with Gasteiger partial charge in [-0.3, -0.25) is 4.79 Å². The molecule has 5 nitrogen and oxygen atoms in total. The number of hydrogen-bond acceptors (Lipinski definition) is 5. The monoisotopic (exact) mass is 284 g/mol. The zero-order valence-electron chi connectivity index (χ0n) is 12.2. The van der Waals surface area contributed by atoms with Gasteiger partial charge in [0.05, 0.1) is 12.2 Å². The van der Waals surface area contributed by atoms with Crippen molar-refractivity contribution in [2.75, 3.05) is 40.1 Å². The molecule has 0 saturated carbocycles. The van der Waals surface area contributed by atoms with E-state index in [0.29, 0.717) is 39.3 Å². The quantitative estimate of drug-likeness (QED) is 0.783. The summed E-state index contributed by atoms with van der Waals surface area (Å²) in [5.74, 6) is 0.279. The Kier molecular flexibility index (Phi) is 4.13. The summed E-state index contributed by atoms with van der Waals surface area (Å²) in [6.07, 6.45) is 3.82. The smallest absolute Gasteiger partial charge is 0.168 e. The Bertz CT molecular complexity index is 355. The number of ketones is 1. The topological polar surface area (TPSA) is 54.0 Å². The maximum absolute atomic E-state index is 13.0. The number of hydrogen-bond donors (Lipinski definition) is 0. The van der Waals surface area contributed by atoms with Crippen LogP contribution in [0.4, 0.5) is 0 Å². The van der Waals surface area contributed by atoms with Crippen LogP contribution in [-0.4, -0.2) is 57.1 Å². The summed E-state index contributed by atoms with van der Waals surface area (Å²) in [4.78, 5) is 13.0. The lowest BCUT2D eigenvalue weighted by Gasteiger charge is -2.41. The number of carbonyl (C=O) groups is 1. The van der Waals surface area contributed by atoms with Crippen molar-refractivity contribution in [3.8, 4) is 0 Å². The van der Waals surface area contributed by atoms with E-state index in [1.165, 1.54) is 0 Å². The van der Waals surface area contributed by atoms with Crippen molar-refractivity contribution in [3.05, 3.63) is 0 Å². The van der Waals surface area contributed by atoms with Gasteiger partial charge < -0.3 is 18.9 Å². The van der Waals surface area contributed by atoms with Crippen LogP contribution in [0.15, 0.2) is 0 Å². The molecule has 3 aliphatic rings. The lowest BCUT2D eigenvalue weighted by molar-refractivity contribution is -0.166. The van der Waals surface area contributed by atoms with E-state index in [9.17, 15) is 4.79 Å². The zero-order chi connectivity index (χ0) is 14.1. The predicted molar refractivity (Wildman–Crippen MR) is 71.6 cm³/mol. The molecule has 3 rings (SSSR count). The highest BCUT2D eigenvalue weighted by Crippen LogP contribution is 2.39. The molecule has 0 aromatic carbocycles. The Morgan fingerprint density at radius 2 is 1.85 bits per heavy atom. The number of ether oxygens (including phenoxy) is 4. The van der Waals surface area contributed by atoms with Crippen LogP contribution >= 0.6 is 0 Å². The van der Waals surface area contributed by atoms with Gasteiger partial charge in [0, 0.05) is 58.7 Å². The van der Waals surface area contributed by atoms with E-state index in [1.54, 1.807) is 7.11 Å². The minimum Gasteiger partial charge on any atom is -0.381 e. The van der Waals surface area contributed by atoms with Crippen LogP contribution in [0.2, 0.25) is 0 Å². The second kappa shape index (κ2) is 5.72. The third kappa shape index (κ3) is 2.52. The van der Waals surface area contributed by atoms with Gasteiger partial charge >= 0.3 is 0 Å². The molecule has 1 spiro atoms. The average molecular weight is 284 g/mol. The van der Waals surface area contributed by atoms with Gasteiger partial charge in [0.1, 0.15) is 5.60 Å². The van der Waals surface area contributed by atoms with Crippen LogP contribution in [0.3, 0.4) is 0 Å². The van der Waals surface area contributed by atoms with Crippen LogP contribution in [0.25, 0.3) is 0 Å². The van der Waals surface area contributed by atoms with Gasteiger partial charge in [0.15, 0.2) is 5.78 Å². The maximum atomic E-state index is 13.0. The van der Waals surface area contributed by atoms with Gasteiger partial charge in [-0.1, -0.05) is 0 Å². The molecule has 3 aliphatic heterocycles. The highest BCUT2D eigenvalue weighted by molar-refractivity contribution is 5.89. The van der Waals surface area contributed by atoms with Crippen LogP contribution in [0, 0.1) is 5.92 Å². The molecule has 3 heterocycles. The molecule has 0 amide bonds. The third-order valence-corrected chi connectivity index (χ3v) is 5.07. The molecule has 0 bridgehead atoms. The van der Waals surface area contributed by atoms with Crippen molar-refractivity contribution in [2.45, 2.75) is 43.3 Å². The largest absolute Gasteiger partial charge is 0.381 e. The summed E-state index contributed by atoms with van der Waals surface area (Å²) in [5, 5.41) is 0. The van der Waals surface area contributed by atoms with Crippen molar-refractivity contribution in [3.63, 3.8) is 0 Å². The first kappa shape index (κ1) is 14.4. The molecule has 114 valence electrons. The summed E-state index contributed by atoms with van der Waals surface area (Å²) in [6, 6.07) is 0. The summed E-state index contributed by atoms with van der Waals surface area (Å²) in [5.41, 5.74) is -0.862. The number of methoxy groups -OCH3 is 1. The van der Waals surface area contributed by atoms with Crippen LogP contribution in [0.1, 0.15) is 32.1 Å². The lowest BCUT2D eigenvalue weighted by atomic mass is 9.75. The number of Topliss-reactive ketones (excluding diaryl/α,β-unsaturated/α-hetero) is 1. The molecular formula is C15H24O5. The Hall–Kier alpha value is -0.490. The maximum Gasteiger partial charge on any atom is 0.168 e. The summed E-state index contributed by atoms with van der Waals surface area (Å²) in [7, 11) is 1.65. The molecule has 0 aliphatic carbocycles. The van der Waals surface area contributed by atoms with Gasteiger partial charge in [0.2, 0.25) is 0 Å². The normalized spacial score (nSPS) is 37.1. The lowest BCUT2D eigenvalue weighted by Crippen LogP contribution is -2.52. The van der Waals surface area contributed by atoms with Crippen LogP contribution in [-0.2, 0) is 23.7 Å². The Morgan fingerprint density at radius 3 is 2.50 bits per heavy atom. The molecule has 5 heteroatoms. The van der Waals surface area contributed by atoms with E-state index in [2.05, 4.69) is 0 Å². The van der Waals surface area contributed by atoms with E-state index in [1.807, 2.05) is 0 Å². The van der Waals surface area contributed by atoms with E-state index in [4.69, 9.17) is 18.9 Å². The molecule has 0 radical (unpaired) electrons. The van der Waals surface area contributed by atoms with Gasteiger partial charge in [-0.25, -0.2) is 0 Å². The minimum atomic E-state index is -0.638. The zero-order valence-corrected chi connectivity index (χ0v) is 12.2. The standard InChI is InChI=1S/C15H24O5/c1-17-15(4-8-18-9-5-15)13(16)12-2-6-20-14(10-12)3-7-19-11-14/h12H,2-11H2,1H3. The highest BCUT2D eigenvalue weighted by Gasteiger charge is 2.49. The van der Waals surface area contributed by atoms with E-state index >= 15 is 0 Å². The minimum absolute atomic E-state index is 0.0310. The van der Waals surface area contributed by atoms with Crippen molar-refractivity contribution in [1.29, 1.82) is 0 Å². The van der Waals surface area contributed by atoms with Crippen molar-refractivity contribution in [2.24, 2.45) is 5.92 Å². The fraction of sp³-hybridized carbons (Fsp3) is 0.933. The van der Waals surface area contributed by atoms with E-state index < -0.39 is 5.60 Å². The molecule has 0 aromatic rings. The average Bonchev–Trinajstić information content (AvgIpc) is 2.95. The predicted octanol–water partition coefficient (Wildman–Crippen LogP) is 1.34. The molecule has 3 fully saturated rings. The van der Waals surface area contributed by atoms with Gasteiger partial charge in [-0.15, -0.1) is 0 Å². The van der Waals surface area contributed by atoms with Gasteiger partial charge in [-0.2, -0.15) is 0 Å². The second-order valence-electron chi connectivity index (χ2n) is 6.20. The number of carbonyl (C=O) groups excluding carboxylic acids is 1. The first-order valence-corrected chi connectivity index (χ1v) is 7.59. The van der Waals surface area contributed by atoms with Crippen molar-refractivity contribution in [1.82, 2.24) is 0 Å². The Labute approximate surface area is 119 Å². The van der Waals surface area contributed by atoms with E-state index in [0.717, 1.165) is 25.9 Å². The fourth-order valence-corrected chi connectivity index (χ4v) is 3.74. The van der Waals surface area contributed by atoms with Gasteiger partial charge in [-0.05, 0) is 12.8 Å². The Balaban J connectivity index is 1.72. The Morgan fingerprint density at radius 1 is 1.10 bits per heavy atom. The summed E-state index contributed by atoms with van der Waals surface area (Å²) >= 11 is 0. The summed E-state index contributed by atoms with van der Waals surface area (Å²) in [6.45, 7) is 3.23. The highest BCUT2D eigenvalue weighted by atomic mass is 16.6. The van der Waals surface area contributed by atoms with E-state index in [-0.39, 0.29) is 17.3 Å². The molecular weight excluding hydrogens is 260 g/mol. The fourth-order valence-electron chi connectivity index (χ4n) is 3.74. The molecule has 2 unspecified atom stereocenters. The third-order valence-electron chi connectivity index (χ3n) is 5.07. The summed E-state index contributed by atoms with van der Waals surface area (Å²) < 4.78 is 22.4. The molecule has 20 heavy (non-hydrogen) atoms. The van der Waals surface area contributed by atoms with Crippen LogP contribution in [0.5, 0.6) is 0 Å². The van der Waals surface area contributed by atoms with Gasteiger partial charge in [0.25, 0.3) is 0 Å². The molecule has 2 atom stereocenters. The molecule has 0 N–H and O–H groups in total. The number of rotatable bonds is 3. The second-order valence-corrected chi connectivity index (χ2v) is 6.20. The van der Waals surface area contributed by atoms with Crippen molar-refractivity contribution >= 4 is 5.78 Å². The molecule has 0 aromatic heterocycles. The molecule has 3 saturated heterocycles. The van der Waals surface area contributed by atoms with Crippen LogP contribution < -0.4 is 0 Å². The SMILES string of the molecule is COC1(C(=O)C2CCOC3(CCOC3)C2)CCOCC1. The first-order chi connectivity index (χ1) is 9.70. The first-order valence-electron chi connectivity index (χ1n) is 7.59. The van der Waals surface area contributed by atoms with Crippen molar-refractivity contribution < 1.29 is 23.7 Å².